The van der Waals surface area contributed by atoms with E-state index in [0.717, 1.165) is 66.3 Å². The number of hydrogen-bond acceptors (Lipinski definition) is 4. The predicted molar refractivity (Wildman–Crippen MR) is 117 cm³/mol. The molecule has 0 N–H and O–H groups in total. The van der Waals surface area contributed by atoms with Crippen molar-refractivity contribution in [3.05, 3.63) is 95.9 Å². The minimum atomic E-state index is -0.174. The van der Waals surface area contributed by atoms with E-state index < -0.39 is 0 Å². The third-order valence-electron chi connectivity index (χ3n) is 6.33. The molecule has 6 rings (SSSR count). The zero-order valence-corrected chi connectivity index (χ0v) is 16.7. The summed E-state index contributed by atoms with van der Waals surface area (Å²) in [6.07, 6.45) is 6.36. The summed E-state index contributed by atoms with van der Waals surface area (Å²) < 4.78 is 6.13. The van der Waals surface area contributed by atoms with E-state index in [4.69, 9.17) is 9.57 Å². The summed E-state index contributed by atoms with van der Waals surface area (Å²) in [6.45, 7) is 1.86. The Morgan fingerprint density at radius 2 is 1.60 bits per heavy atom. The van der Waals surface area contributed by atoms with Gasteiger partial charge in [0.2, 0.25) is 0 Å². The maximum Gasteiger partial charge on any atom is 0.146 e. The highest BCUT2D eigenvalue weighted by Gasteiger charge is 2.42. The normalized spacial score (nSPS) is 18.8. The van der Waals surface area contributed by atoms with Crippen molar-refractivity contribution in [1.29, 1.82) is 0 Å². The summed E-state index contributed by atoms with van der Waals surface area (Å²) in [5, 5.41) is 4.44. The van der Waals surface area contributed by atoms with Gasteiger partial charge >= 0.3 is 0 Å². The maximum absolute atomic E-state index is 6.13. The molecule has 3 aliphatic rings. The Bertz CT molecular complexity index is 1110. The predicted octanol–water partition coefficient (Wildman–Crippen LogP) is 5.43. The van der Waals surface area contributed by atoms with Gasteiger partial charge in [-0.2, -0.15) is 0 Å². The summed E-state index contributed by atoms with van der Waals surface area (Å²) in [5.74, 6) is 1.74. The minimum absolute atomic E-state index is 0.174. The number of piperidine rings is 1. The lowest BCUT2D eigenvalue weighted by Gasteiger charge is -2.39. The Labute approximate surface area is 176 Å². The average molecular weight is 394 g/mol. The van der Waals surface area contributed by atoms with Gasteiger partial charge in [-0.15, -0.1) is 0 Å². The van der Waals surface area contributed by atoms with Crippen LogP contribution >= 0.6 is 0 Å². The molecule has 3 heterocycles. The highest BCUT2D eigenvalue weighted by atomic mass is 16.7. The first-order valence-corrected chi connectivity index (χ1v) is 10.5. The van der Waals surface area contributed by atoms with Crippen LogP contribution in [0.5, 0.6) is 11.5 Å². The van der Waals surface area contributed by atoms with Crippen molar-refractivity contribution in [2.24, 2.45) is 5.16 Å². The Morgan fingerprint density at radius 1 is 0.833 bits per heavy atom. The van der Waals surface area contributed by atoms with Gasteiger partial charge in [0, 0.05) is 49.2 Å². The first-order chi connectivity index (χ1) is 14.8. The molecule has 0 saturated carbocycles. The number of ether oxygens (including phenoxy) is 1. The Balaban J connectivity index is 1.19. The lowest BCUT2D eigenvalue weighted by atomic mass is 9.85. The summed E-state index contributed by atoms with van der Waals surface area (Å²) in [7, 11) is 0. The maximum atomic E-state index is 6.13. The number of rotatable bonds is 2. The second kappa shape index (κ2) is 6.91. The molecular weight excluding hydrogens is 372 g/mol. The quantitative estimate of drug-likeness (QED) is 0.454. The van der Waals surface area contributed by atoms with Gasteiger partial charge in [-0.05, 0) is 23.8 Å². The highest BCUT2D eigenvalue weighted by Crippen LogP contribution is 2.44. The molecular formula is C26H22N2O2. The summed E-state index contributed by atoms with van der Waals surface area (Å²) in [6, 6.07) is 24.7. The molecule has 0 aliphatic carbocycles. The number of fused-ring (bicyclic) bond motifs is 2. The molecule has 3 aromatic carbocycles. The summed E-state index contributed by atoms with van der Waals surface area (Å²) in [4.78, 5) is 8.44. The molecule has 1 spiro atoms. The second-order valence-electron chi connectivity index (χ2n) is 8.22. The van der Waals surface area contributed by atoms with Gasteiger partial charge in [-0.3, -0.25) is 0 Å². The zero-order chi connectivity index (χ0) is 20.0. The number of nitrogens with zero attached hydrogens (tertiary/aromatic N) is 2. The molecule has 0 aromatic heterocycles. The highest BCUT2D eigenvalue weighted by molar-refractivity contribution is 6.01. The fourth-order valence-corrected chi connectivity index (χ4v) is 4.64. The fourth-order valence-electron chi connectivity index (χ4n) is 4.64. The van der Waals surface area contributed by atoms with E-state index in [1.165, 1.54) is 5.69 Å². The summed E-state index contributed by atoms with van der Waals surface area (Å²) >= 11 is 0. The van der Waals surface area contributed by atoms with Crippen LogP contribution in [0.2, 0.25) is 0 Å². The molecule has 4 heteroatoms. The molecule has 1 saturated heterocycles. The third kappa shape index (κ3) is 2.95. The topological polar surface area (TPSA) is 34.1 Å². The molecule has 0 unspecified atom stereocenters. The molecule has 1 fully saturated rings. The average Bonchev–Trinajstić information content (AvgIpc) is 3.22. The molecule has 148 valence electrons. The van der Waals surface area contributed by atoms with Crippen LogP contribution in [0, 0.1) is 6.42 Å². The number of anilines is 1. The van der Waals surface area contributed by atoms with Crippen LogP contribution in [-0.2, 0) is 4.84 Å². The van der Waals surface area contributed by atoms with Gasteiger partial charge in [-0.25, -0.2) is 0 Å². The smallest absolute Gasteiger partial charge is 0.146 e. The van der Waals surface area contributed by atoms with Crippen LogP contribution < -0.4 is 9.64 Å². The van der Waals surface area contributed by atoms with Crippen molar-refractivity contribution < 1.29 is 9.57 Å². The van der Waals surface area contributed by atoms with Crippen LogP contribution in [0.3, 0.4) is 0 Å². The first kappa shape index (κ1) is 17.6. The summed E-state index contributed by atoms with van der Waals surface area (Å²) in [5.41, 5.74) is 5.28. The van der Waals surface area contributed by atoms with Crippen LogP contribution in [0.1, 0.15) is 36.0 Å². The van der Waals surface area contributed by atoms with Gasteiger partial charge < -0.3 is 14.5 Å². The SMILES string of the molecule is [C]1c2ccccc2Oc2cccc(N3CCC4(CC3)CC(c3ccccc3)=NO4)c21. The van der Waals surface area contributed by atoms with E-state index in [1.54, 1.807) is 0 Å². The van der Waals surface area contributed by atoms with Crippen molar-refractivity contribution in [2.75, 3.05) is 18.0 Å². The Morgan fingerprint density at radius 3 is 2.47 bits per heavy atom. The van der Waals surface area contributed by atoms with Crippen LogP contribution in [0.25, 0.3) is 0 Å². The zero-order valence-electron chi connectivity index (χ0n) is 16.7. The second-order valence-corrected chi connectivity index (χ2v) is 8.22. The lowest BCUT2D eigenvalue weighted by Crippen LogP contribution is -2.45. The fraction of sp³-hybridized carbons (Fsp3) is 0.231. The van der Waals surface area contributed by atoms with Crippen molar-refractivity contribution in [3.63, 3.8) is 0 Å². The largest absolute Gasteiger partial charge is 0.457 e. The molecule has 30 heavy (non-hydrogen) atoms. The molecule has 0 bridgehead atoms. The minimum Gasteiger partial charge on any atom is -0.457 e. The number of oxime groups is 1. The van der Waals surface area contributed by atoms with Gasteiger partial charge in [0.1, 0.15) is 17.1 Å². The van der Waals surface area contributed by atoms with Crippen LogP contribution in [-0.4, -0.2) is 24.4 Å². The molecule has 3 aromatic rings. The molecule has 0 amide bonds. The standard InChI is InChI=1S/C26H22N2O2/c1-2-7-19(8-3-1)22-18-26(30-27-22)13-15-28(16-14-26)23-10-6-12-25-21(23)17-20-9-4-5-11-24(20)29-25/h1-12H,13-16,18H2. The van der Waals surface area contributed by atoms with Crippen molar-refractivity contribution in [3.8, 4) is 11.5 Å². The van der Waals surface area contributed by atoms with E-state index >= 15 is 0 Å². The number of hydrogen-bond donors (Lipinski definition) is 0. The van der Waals surface area contributed by atoms with Crippen molar-refractivity contribution >= 4 is 11.4 Å². The molecule has 0 atom stereocenters. The molecule has 4 nitrogen and oxygen atoms in total. The monoisotopic (exact) mass is 394 g/mol. The van der Waals surface area contributed by atoms with E-state index in [-0.39, 0.29) is 5.60 Å². The third-order valence-corrected chi connectivity index (χ3v) is 6.33. The van der Waals surface area contributed by atoms with Crippen LogP contribution in [0.15, 0.2) is 78.0 Å². The van der Waals surface area contributed by atoms with Gasteiger partial charge in [-0.1, -0.05) is 59.8 Å². The van der Waals surface area contributed by atoms with Gasteiger partial charge in [0.25, 0.3) is 0 Å². The van der Waals surface area contributed by atoms with Gasteiger partial charge in [0.05, 0.1) is 12.1 Å². The van der Waals surface area contributed by atoms with Crippen molar-refractivity contribution in [1.82, 2.24) is 0 Å². The Kier molecular flexibility index (Phi) is 4.05. The van der Waals surface area contributed by atoms with Crippen molar-refractivity contribution in [2.45, 2.75) is 24.9 Å². The number of para-hydroxylation sites is 1. The van der Waals surface area contributed by atoms with E-state index in [0.29, 0.717) is 0 Å². The van der Waals surface area contributed by atoms with E-state index in [1.807, 2.05) is 30.3 Å². The number of benzene rings is 3. The molecule has 3 aliphatic heterocycles. The van der Waals surface area contributed by atoms with Crippen LogP contribution in [0.4, 0.5) is 5.69 Å². The van der Waals surface area contributed by atoms with E-state index in [9.17, 15) is 0 Å². The lowest BCUT2D eigenvalue weighted by molar-refractivity contribution is -0.0360. The van der Waals surface area contributed by atoms with Gasteiger partial charge in [0.15, 0.2) is 0 Å². The molecule has 2 radical (unpaired) electrons. The Hall–Kier alpha value is -3.27. The van der Waals surface area contributed by atoms with E-state index in [2.05, 4.69) is 58.9 Å². The first-order valence-electron chi connectivity index (χ1n) is 10.5.